The second-order valence-corrected chi connectivity index (χ2v) is 7.81. The predicted octanol–water partition coefficient (Wildman–Crippen LogP) is 1.30. The highest BCUT2D eigenvalue weighted by Crippen LogP contribution is 2.31. The Balaban J connectivity index is 0.00000242. The molecule has 1 aliphatic rings. The average Bonchev–Trinajstić information content (AvgIpc) is 3.30. The van der Waals surface area contributed by atoms with Crippen LogP contribution in [0.1, 0.15) is 25.3 Å². The van der Waals surface area contributed by atoms with Gasteiger partial charge in [-0.1, -0.05) is 19.1 Å². The minimum Gasteiger partial charge on any atom is -0.354 e. The molecule has 1 atom stereocenters. The van der Waals surface area contributed by atoms with Crippen LogP contribution < -0.4 is 11.1 Å². The van der Waals surface area contributed by atoms with Gasteiger partial charge in [-0.2, -0.15) is 0 Å². The lowest BCUT2D eigenvalue weighted by molar-refractivity contribution is -0.120. The van der Waals surface area contributed by atoms with E-state index >= 15 is 0 Å². The summed E-state index contributed by atoms with van der Waals surface area (Å²) in [5, 5.41) is 2.83. The van der Waals surface area contributed by atoms with Gasteiger partial charge in [-0.15, -0.1) is 12.4 Å². The fourth-order valence-electron chi connectivity index (χ4n) is 2.15. The van der Waals surface area contributed by atoms with E-state index in [0.29, 0.717) is 17.4 Å². The normalized spacial score (nSPS) is 15.7. The van der Waals surface area contributed by atoms with Crippen molar-refractivity contribution in [2.45, 2.75) is 37.1 Å². The fourth-order valence-corrected chi connectivity index (χ4v) is 3.04. The Morgan fingerprint density at radius 2 is 1.91 bits per heavy atom. The van der Waals surface area contributed by atoms with Crippen LogP contribution in [0.5, 0.6) is 0 Å². The fraction of sp³-hybridized carbons (Fsp3) is 0.533. The van der Waals surface area contributed by atoms with Crippen LogP contribution in [-0.2, 0) is 21.1 Å². The number of amides is 1. The summed E-state index contributed by atoms with van der Waals surface area (Å²) in [5.41, 5.74) is 6.72. The van der Waals surface area contributed by atoms with Crippen LogP contribution in [-0.4, -0.2) is 32.7 Å². The summed E-state index contributed by atoms with van der Waals surface area (Å²) in [4.78, 5) is 12.1. The molecule has 1 aliphatic carbocycles. The van der Waals surface area contributed by atoms with Crippen molar-refractivity contribution < 1.29 is 13.2 Å². The molecular formula is C15H23ClN2O3S. The first kappa shape index (κ1) is 18.9. The van der Waals surface area contributed by atoms with Crippen molar-refractivity contribution in [3.8, 4) is 0 Å². The summed E-state index contributed by atoms with van der Waals surface area (Å²) in [6.07, 6.45) is 2.55. The highest BCUT2D eigenvalue weighted by molar-refractivity contribution is 7.91. The van der Waals surface area contributed by atoms with Gasteiger partial charge in [-0.05, 0) is 36.5 Å². The third-order valence-electron chi connectivity index (χ3n) is 3.79. The Hall–Kier alpha value is -1.11. The lowest BCUT2D eigenvalue weighted by Crippen LogP contribution is -2.39. The number of carbonyl (C=O) groups excluding carboxylic acids is 1. The molecule has 0 saturated heterocycles. The lowest BCUT2D eigenvalue weighted by atomic mass is 10.1. The largest absolute Gasteiger partial charge is 0.354 e. The second kappa shape index (κ2) is 7.94. The molecule has 0 radical (unpaired) electrons. The van der Waals surface area contributed by atoms with Gasteiger partial charge in [0.2, 0.25) is 5.91 Å². The highest BCUT2D eigenvalue weighted by atomic mass is 35.5. The average molecular weight is 347 g/mol. The van der Waals surface area contributed by atoms with Gasteiger partial charge in [0.15, 0.2) is 9.84 Å². The van der Waals surface area contributed by atoms with Gasteiger partial charge < -0.3 is 11.1 Å². The third-order valence-corrected chi connectivity index (χ3v) is 5.54. The predicted molar refractivity (Wildman–Crippen MR) is 88.8 cm³/mol. The number of rotatable bonds is 7. The summed E-state index contributed by atoms with van der Waals surface area (Å²) in [6, 6.07) is 6.52. The molecule has 7 heteroatoms. The van der Waals surface area contributed by atoms with Crippen molar-refractivity contribution in [3.63, 3.8) is 0 Å². The summed E-state index contributed by atoms with van der Waals surface area (Å²) >= 11 is 0. The first-order valence-corrected chi connectivity index (χ1v) is 8.91. The van der Waals surface area contributed by atoms with Crippen LogP contribution in [0.15, 0.2) is 29.2 Å². The van der Waals surface area contributed by atoms with Crippen molar-refractivity contribution in [1.29, 1.82) is 0 Å². The molecule has 0 aromatic heterocycles. The van der Waals surface area contributed by atoms with Crippen molar-refractivity contribution in [2.75, 3.05) is 12.3 Å². The van der Waals surface area contributed by atoms with E-state index in [1.807, 2.05) is 0 Å². The zero-order chi connectivity index (χ0) is 15.5. The Labute approximate surface area is 138 Å². The minimum absolute atomic E-state index is 0. The van der Waals surface area contributed by atoms with Crippen LogP contribution in [0.2, 0.25) is 0 Å². The van der Waals surface area contributed by atoms with Crippen molar-refractivity contribution in [3.05, 3.63) is 29.8 Å². The molecule has 5 nitrogen and oxygen atoms in total. The first-order chi connectivity index (χ1) is 9.92. The molecular weight excluding hydrogens is 324 g/mol. The van der Waals surface area contributed by atoms with Crippen LogP contribution in [0.4, 0.5) is 0 Å². The number of nitrogens with two attached hydrogens (primary N) is 1. The van der Waals surface area contributed by atoms with Crippen molar-refractivity contribution in [1.82, 2.24) is 5.32 Å². The Morgan fingerprint density at radius 3 is 2.41 bits per heavy atom. The molecule has 0 spiro atoms. The molecule has 0 heterocycles. The topological polar surface area (TPSA) is 89.3 Å². The quantitative estimate of drug-likeness (QED) is 0.778. The number of hydrogen-bond donors (Lipinski definition) is 2. The monoisotopic (exact) mass is 346 g/mol. The lowest BCUT2D eigenvalue weighted by Gasteiger charge is -2.11. The zero-order valence-corrected chi connectivity index (χ0v) is 14.3. The number of hydrogen-bond acceptors (Lipinski definition) is 4. The molecule has 22 heavy (non-hydrogen) atoms. The molecule has 2 rings (SSSR count). The van der Waals surface area contributed by atoms with Gasteiger partial charge in [0.05, 0.1) is 17.1 Å². The first-order valence-electron chi connectivity index (χ1n) is 7.26. The van der Waals surface area contributed by atoms with E-state index in [0.717, 1.165) is 18.4 Å². The number of sulfone groups is 1. The van der Waals surface area contributed by atoms with Gasteiger partial charge in [-0.25, -0.2) is 8.42 Å². The molecule has 1 saturated carbocycles. The highest BCUT2D eigenvalue weighted by Gasteiger charge is 2.28. The smallest absolute Gasteiger partial charge is 0.224 e. The SMILES string of the molecule is CCS(=O)(=O)c1ccc(CC(=O)NCC(N)C2CC2)cc1.Cl. The maximum Gasteiger partial charge on any atom is 0.224 e. The summed E-state index contributed by atoms with van der Waals surface area (Å²) in [5.74, 6) is 0.548. The number of benzene rings is 1. The van der Waals surface area contributed by atoms with E-state index < -0.39 is 9.84 Å². The third kappa shape index (κ3) is 5.26. The molecule has 3 N–H and O–H groups in total. The summed E-state index contributed by atoms with van der Waals surface area (Å²) in [6.45, 7) is 2.12. The Morgan fingerprint density at radius 1 is 1.32 bits per heavy atom. The molecule has 1 amide bonds. The standard InChI is InChI=1S/C15H22N2O3S.ClH/c1-2-21(19,20)13-7-3-11(4-8-13)9-15(18)17-10-14(16)12-5-6-12;/h3-4,7-8,12,14H,2,5-6,9-10,16H2,1H3,(H,17,18);1H. The van der Waals surface area contributed by atoms with E-state index in [9.17, 15) is 13.2 Å². The van der Waals surface area contributed by atoms with E-state index in [1.54, 1.807) is 31.2 Å². The van der Waals surface area contributed by atoms with Gasteiger partial charge in [0.25, 0.3) is 0 Å². The molecule has 0 aliphatic heterocycles. The van der Waals surface area contributed by atoms with Gasteiger partial charge >= 0.3 is 0 Å². The van der Waals surface area contributed by atoms with Crippen LogP contribution in [0, 0.1) is 5.92 Å². The van der Waals surface area contributed by atoms with E-state index in [2.05, 4.69) is 5.32 Å². The zero-order valence-electron chi connectivity index (χ0n) is 12.6. The summed E-state index contributed by atoms with van der Waals surface area (Å²) in [7, 11) is -3.18. The van der Waals surface area contributed by atoms with E-state index in [-0.39, 0.29) is 36.5 Å². The van der Waals surface area contributed by atoms with Crippen molar-refractivity contribution in [2.24, 2.45) is 11.7 Å². The Bertz CT molecular complexity index is 598. The van der Waals surface area contributed by atoms with Gasteiger partial charge in [0, 0.05) is 12.6 Å². The molecule has 1 unspecified atom stereocenters. The van der Waals surface area contributed by atoms with Gasteiger partial charge in [0.1, 0.15) is 0 Å². The van der Waals surface area contributed by atoms with Crippen LogP contribution in [0.25, 0.3) is 0 Å². The molecule has 0 bridgehead atoms. The maximum absolute atomic E-state index is 11.8. The van der Waals surface area contributed by atoms with Gasteiger partial charge in [-0.3, -0.25) is 4.79 Å². The molecule has 1 aromatic rings. The number of nitrogens with one attached hydrogen (secondary N) is 1. The second-order valence-electron chi connectivity index (χ2n) is 5.53. The molecule has 1 aromatic carbocycles. The Kier molecular flexibility index (Phi) is 6.84. The van der Waals surface area contributed by atoms with Crippen molar-refractivity contribution >= 4 is 28.2 Å². The number of halogens is 1. The van der Waals surface area contributed by atoms with Crippen LogP contribution in [0.3, 0.4) is 0 Å². The van der Waals surface area contributed by atoms with E-state index in [4.69, 9.17) is 5.73 Å². The maximum atomic E-state index is 11.8. The summed E-state index contributed by atoms with van der Waals surface area (Å²) < 4.78 is 23.4. The molecule has 1 fully saturated rings. The minimum atomic E-state index is -3.18. The van der Waals surface area contributed by atoms with Crippen LogP contribution >= 0.6 is 12.4 Å². The van der Waals surface area contributed by atoms with E-state index in [1.165, 1.54) is 0 Å². The number of carbonyl (C=O) groups is 1. The molecule has 124 valence electrons.